The van der Waals surface area contributed by atoms with E-state index in [-0.39, 0.29) is 80.4 Å². The Balaban J connectivity index is 0.000000553. The minimum atomic E-state index is -1.00. The monoisotopic (exact) mass is 823 g/mol. The molecule has 0 spiro atoms. The summed E-state index contributed by atoms with van der Waals surface area (Å²) in [5.41, 5.74) is 5.78. The maximum atomic E-state index is 13.5. The van der Waals surface area contributed by atoms with Crippen LogP contribution in [0, 0.1) is 5.92 Å². The molecule has 1 aliphatic carbocycles. The second-order valence-corrected chi connectivity index (χ2v) is 20.2. The van der Waals surface area contributed by atoms with E-state index in [1.165, 1.54) is 0 Å². The van der Waals surface area contributed by atoms with Crippen molar-refractivity contribution in [3.05, 3.63) is 93.5 Å². The van der Waals surface area contributed by atoms with Crippen molar-refractivity contribution in [3.63, 3.8) is 0 Å². The van der Waals surface area contributed by atoms with Crippen LogP contribution in [0.2, 0.25) is 0 Å². The Morgan fingerprint density at radius 1 is 0.702 bits per heavy atom. The van der Waals surface area contributed by atoms with Crippen LogP contribution in [0.25, 0.3) is 0 Å². The molecule has 3 atom stereocenters. The second-order valence-electron chi connectivity index (χ2n) is 20.2. The first-order chi connectivity index (χ1) is 25.8. The van der Waals surface area contributed by atoms with Gasteiger partial charge in [-0.15, -0.1) is 0 Å². The third-order valence-electron chi connectivity index (χ3n) is 10.7. The van der Waals surface area contributed by atoms with Gasteiger partial charge >= 0.3 is 16.8 Å². The topological polar surface area (TPSA) is 123 Å². The number of hydrogen-bond acceptors (Lipinski definition) is 7. The minimum absolute atomic E-state index is 0. The van der Waals surface area contributed by atoms with E-state index in [9.17, 15) is 20.1 Å². The van der Waals surface area contributed by atoms with Crippen LogP contribution in [0.3, 0.4) is 0 Å². The maximum Gasteiger partial charge on any atom is 3.00 e. The number of aliphatic carboxylic acids is 1. The number of carboxylic acids is 1. The molecule has 1 saturated carbocycles. The summed E-state index contributed by atoms with van der Waals surface area (Å²) in [6, 6.07) is 18.1. The molecule has 0 bridgehead atoms. The van der Waals surface area contributed by atoms with E-state index in [2.05, 4.69) is 101 Å². The summed E-state index contributed by atoms with van der Waals surface area (Å²) in [6.45, 7) is 30.3. The minimum Gasteiger partial charge on any atom is -0.872 e. The molecular formula is C49H70CoN3O4. The Labute approximate surface area is 355 Å². The van der Waals surface area contributed by atoms with E-state index in [4.69, 9.17) is 9.98 Å². The van der Waals surface area contributed by atoms with E-state index >= 15 is 0 Å². The standard InChI is InChI=1S/C36H54N2O2.C13H19NO2.Co/c1-33(2,3)25-17-23(31(39)27(19-25)35(7,8)9)21-37-29-15-13-14-16-30(29)38-22-24-18-26(34(4,5)6)20-28(32(24)40)36(10,11)12;1-10(2)12(8-13(15)16)14-9-11-6-4-3-5-7-11;/h17-22,29-30,39-40H,13-16H2,1-12H3;3-7,10,12,14H,8-9H2,1-2H3,(H,15,16);/q;;+3/p-3/t29-,30-;12-;/m01./s1. The molecule has 0 amide bonds. The van der Waals surface area contributed by atoms with Crippen LogP contribution in [-0.4, -0.2) is 36.5 Å². The third kappa shape index (κ3) is 15.0. The molecule has 7 nitrogen and oxygen atoms in total. The van der Waals surface area contributed by atoms with Gasteiger partial charge in [0.15, 0.2) is 0 Å². The van der Waals surface area contributed by atoms with Crippen molar-refractivity contribution in [2.45, 2.75) is 175 Å². The van der Waals surface area contributed by atoms with Gasteiger partial charge < -0.3 is 25.4 Å². The van der Waals surface area contributed by atoms with Crippen molar-refractivity contribution >= 4 is 18.4 Å². The van der Waals surface area contributed by atoms with Gasteiger partial charge in [-0.1, -0.05) is 176 Å². The molecule has 0 radical (unpaired) electrons. The van der Waals surface area contributed by atoms with Gasteiger partial charge in [-0.05, 0) is 79.4 Å². The predicted octanol–water partition coefficient (Wildman–Crippen LogP) is 8.81. The number of rotatable bonds is 10. The molecule has 57 heavy (non-hydrogen) atoms. The Bertz CT molecular complexity index is 1710. The molecule has 1 N–H and O–H groups in total. The Morgan fingerprint density at radius 3 is 1.44 bits per heavy atom. The maximum absolute atomic E-state index is 13.5. The van der Waals surface area contributed by atoms with Gasteiger partial charge in [-0.25, -0.2) is 0 Å². The first-order valence-electron chi connectivity index (χ1n) is 20.5. The Morgan fingerprint density at radius 2 is 1.11 bits per heavy atom. The van der Waals surface area contributed by atoms with Crippen molar-refractivity contribution in [3.8, 4) is 11.5 Å². The SMILES string of the molecule is CC(C)(C)c1cc(C=N[C@H]2CCCC[C@@H]2N=Cc2cc(C(C)(C)C)cc(C(C)(C)C)c2[O-])c([O-])c(C(C)(C)C)c1.CC(C)[C@@H](CC(=O)[O-])NCc1ccccc1.[Co+3]. The van der Waals surface area contributed by atoms with Gasteiger partial charge in [0.25, 0.3) is 0 Å². The molecule has 4 rings (SSSR count). The summed E-state index contributed by atoms with van der Waals surface area (Å²) < 4.78 is 0. The van der Waals surface area contributed by atoms with E-state index in [0.717, 1.165) is 53.5 Å². The number of hydrogen-bond donors (Lipinski definition) is 1. The number of carbonyl (C=O) groups is 1. The molecule has 1 fully saturated rings. The normalized spacial score (nSPS) is 17.3. The van der Waals surface area contributed by atoms with Crippen molar-refractivity contribution < 1.29 is 36.9 Å². The fraction of sp³-hybridized carbons (Fsp3) is 0.571. The summed E-state index contributed by atoms with van der Waals surface area (Å²) in [5.74, 6) is -0.601. The summed E-state index contributed by atoms with van der Waals surface area (Å²) in [7, 11) is 0. The van der Waals surface area contributed by atoms with E-state index in [1.54, 1.807) is 12.4 Å². The Hall–Kier alpha value is -3.46. The number of carbonyl (C=O) groups excluding carboxylic acids is 1. The van der Waals surface area contributed by atoms with Crippen LogP contribution in [0.15, 0.2) is 64.6 Å². The first kappa shape index (κ1) is 49.7. The van der Waals surface area contributed by atoms with Crippen molar-refractivity contribution in [2.24, 2.45) is 15.9 Å². The molecule has 314 valence electrons. The number of benzene rings is 3. The Kier molecular flexibility index (Phi) is 17.9. The zero-order chi connectivity index (χ0) is 42.2. The number of aliphatic imine (C=N–C) groups is 2. The zero-order valence-corrected chi connectivity index (χ0v) is 38.3. The van der Waals surface area contributed by atoms with Crippen LogP contribution >= 0.6 is 0 Å². The number of nitrogens with one attached hydrogen (secondary N) is 1. The molecule has 0 unspecified atom stereocenters. The fourth-order valence-electron chi connectivity index (χ4n) is 6.83. The molecule has 0 aliphatic heterocycles. The van der Waals surface area contributed by atoms with Crippen LogP contribution in [0.1, 0.15) is 168 Å². The van der Waals surface area contributed by atoms with Gasteiger partial charge in [0.1, 0.15) is 0 Å². The van der Waals surface area contributed by atoms with E-state index < -0.39 is 5.97 Å². The summed E-state index contributed by atoms with van der Waals surface area (Å²) in [6.07, 6.45) is 7.69. The van der Waals surface area contributed by atoms with Crippen molar-refractivity contribution in [1.82, 2.24) is 5.32 Å². The number of nitrogens with zero attached hydrogens (tertiary/aromatic N) is 2. The molecule has 0 heterocycles. The quantitative estimate of drug-likeness (QED) is 0.205. The van der Waals surface area contributed by atoms with Crippen LogP contribution in [0.5, 0.6) is 11.5 Å². The average Bonchev–Trinajstić information content (AvgIpc) is 3.08. The molecule has 0 aromatic heterocycles. The summed E-state index contributed by atoms with van der Waals surface area (Å²) in [5, 5.41) is 40.8. The predicted molar refractivity (Wildman–Crippen MR) is 229 cm³/mol. The van der Waals surface area contributed by atoms with E-state index in [0.29, 0.717) is 17.7 Å². The second kappa shape index (κ2) is 20.5. The van der Waals surface area contributed by atoms with Gasteiger partial charge in [-0.2, -0.15) is 0 Å². The molecule has 3 aromatic rings. The molecular weight excluding hydrogens is 753 g/mol. The van der Waals surface area contributed by atoms with Gasteiger partial charge in [0, 0.05) is 37.4 Å². The van der Waals surface area contributed by atoms with Crippen molar-refractivity contribution in [2.75, 3.05) is 0 Å². The first-order valence-corrected chi connectivity index (χ1v) is 20.5. The van der Waals surface area contributed by atoms with Crippen LogP contribution < -0.4 is 20.6 Å². The average molecular weight is 824 g/mol. The van der Waals surface area contributed by atoms with Gasteiger partial charge in [0.2, 0.25) is 0 Å². The third-order valence-corrected chi connectivity index (χ3v) is 10.7. The zero-order valence-electron chi connectivity index (χ0n) is 37.3. The van der Waals surface area contributed by atoms with Crippen LogP contribution in [-0.2, 0) is 49.8 Å². The van der Waals surface area contributed by atoms with Crippen LogP contribution in [0.4, 0.5) is 0 Å². The number of carboxylic acid groups (broad SMARTS) is 1. The largest absolute Gasteiger partial charge is 3.00 e. The van der Waals surface area contributed by atoms with Gasteiger partial charge in [0.05, 0.1) is 12.1 Å². The summed E-state index contributed by atoms with van der Waals surface area (Å²) in [4.78, 5) is 20.5. The molecule has 0 saturated heterocycles. The fourth-order valence-corrected chi connectivity index (χ4v) is 6.83. The van der Waals surface area contributed by atoms with Crippen molar-refractivity contribution in [1.29, 1.82) is 0 Å². The summed E-state index contributed by atoms with van der Waals surface area (Å²) >= 11 is 0. The molecule has 8 heteroatoms. The van der Waals surface area contributed by atoms with E-state index in [1.807, 2.05) is 56.3 Å². The smallest absolute Gasteiger partial charge is 0.872 e. The molecule has 1 aliphatic rings. The molecule has 3 aromatic carbocycles. The van der Waals surface area contributed by atoms with Gasteiger partial charge in [-0.3, -0.25) is 9.98 Å².